The van der Waals surface area contributed by atoms with Gasteiger partial charge in [0.2, 0.25) is 0 Å². The number of phenols is 1. The Morgan fingerprint density at radius 3 is 2.33 bits per heavy atom. The summed E-state index contributed by atoms with van der Waals surface area (Å²) < 4.78 is 9.87. The van der Waals surface area contributed by atoms with Crippen LogP contribution in [0.25, 0.3) is 0 Å². The second-order valence-corrected chi connectivity index (χ2v) is 6.66. The summed E-state index contributed by atoms with van der Waals surface area (Å²) in [5.41, 5.74) is -3.88. The number of hydrogen-bond donors (Lipinski definition) is 4. The van der Waals surface area contributed by atoms with Crippen LogP contribution in [0.4, 0.5) is 0 Å². The molecule has 0 saturated heterocycles. The molecule has 0 aliphatic heterocycles. The molecule has 4 N–H and O–H groups in total. The molecule has 2 aliphatic carbocycles. The number of Topliss-reactive ketones (excluding diaryl/α,β-unsaturated/α-hetero) is 2. The number of carbonyl (C=O) groups is 3. The topological polar surface area (TPSA) is 151 Å². The highest BCUT2D eigenvalue weighted by atomic mass is 16.6. The number of phenolic OH excluding ortho intramolecular Hbond substituents is 1. The van der Waals surface area contributed by atoms with E-state index in [0.717, 1.165) is 19.9 Å². The van der Waals surface area contributed by atoms with Crippen LogP contribution < -0.4 is 4.74 Å². The number of aliphatic hydroxyl groups excluding tert-OH is 2. The summed E-state index contributed by atoms with van der Waals surface area (Å²) in [6.07, 6.45) is -5.49. The van der Waals surface area contributed by atoms with Gasteiger partial charge in [0.05, 0.1) is 12.7 Å². The number of carbonyl (C=O) groups excluding carboxylic acids is 3. The molecule has 0 radical (unpaired) electrons. The zero-order valence-corrected chi connectivity index (χ0v) is 14.7. The van der Waals surface area contributed by atoms with Crippen molar-refractivity contribution in [2.45, 2.75) is 37.8 Å². The van der Waals surface area contributed by atoms with Crippen LogP contribution >= 0.6 is 0 Å². The zero-order chi connectivity index (χ0) is 20.3. The van der Waals surface area contributed by atoms with Gasteiger partial charge >= 0.3 is 5.97 Å². The second kappa shape index (κ2) is 6.15. The van der Waals surface area contributed by atoms with Gasteiger partial charge in [0.15, 0.2) is 17.7 Å². The lowest BCUT2D eigenvalue weighted by molar-refractivity contribution is -0.191. The minimum Gasteiger partial charge on any atom is -0.507 e. The van der Waals surface area contributed by atoms with E-state index in [4.69, 9.17) is 9.47 Å². The normalized spacial score (nSPS) is 29.9. The number of methoxy groups -OCH3 is 1. The summed E-state index contributed by atoms with van der Waals surface area (Å²) >= 11 is 0. The molecule has 0 amide bonds. The third kappa shape index (κ3) is 2.62. The molecule has 1 aromatic rings. The van der Waals surface area contributed by atoms with Crippen molar-refractivity contribution in [3.05, 3.63) is 34.4 Å². The Balaban J connectivity index is 2.24. The van der Waals surface area contributed by atoms with E-state index in [9.17, 15) is 34.8 Å². The fourth-order valence-electron chi connectivity index (χ4n) is 3.51. The lowest BCUT2D eigenvalue weighted by Crippen LogP contribution is -2.63. The van der Waals surface area contributed by atoms with Gasteiger partial charge < -0.3 is 29.9 Å². The lowest BCUT2D eigenvalue weighted by Gasteiger charge is -2.45. The highest BCUT2D eigenvalue weighted by molar-refractivity contribution is 6.29. The summed E-state index contributed by atoms with van der Waals surface area (Å²) in [5.74, 6) is -3.08. The Kier molecular flexibility index (Phi) is 4.34. The van der Waals surface area contributed by atoms with Crippen LogP contribution in [0.15, 0.2) is 23.3 Å². The molecule has 9 nitrogen and oxygen atoms in total. The quantitative estimate of drug-likeness (QED) is 0.499. The molecule has 0 spiro atoms. The number of ether oxygens (including phenoxy) is 2. The molecule has 0 heterocycles. The second-order valence-electron chi connectivity index (χ2n) is 6.66. The van der Waals surface area contributed by atoms with E-state index in [1.165, 1.54) is 13.2 Å². The van der Waals surface area contributed by atoms with Gasteiger partial charge in [-0.2, -0.15) is 0 Å². The molecule has 9 heteroatoms. The van der Waals surface area contributed by atoms with Crippen molar-refractivity contribution in [3.8, 4) is 11.5 Å². The monoisotopic (exact) mass is 378 g/mol. The molecule has 0 saturated carbocycles. The number of aromatic hydroxyl groups is 1. The molecular weight excluding hydrogens is 360 g/mol. The Hall–Kier alpha value is -2.75. The van der Waals surface area contributed by atoms with Crippen molar-refractivity contribution in [2.24, 2.45) is 0 Å². The molecule has 1 aromatic carbocycles. The fraction of sp³-hybridized carbons (Fsp3) is 0.389. The smallest absolute Gasteiger partial charge is 0.303 e. The number of aliphatic hydroxyl groups is 3. The number of fused-ring (bicyclic) bond motifs is 1. The molecule has 2 aliphatic rings. The van der Waals surface area contributed by atoms with Crippen LogP contribution in [0.2, 0.25) is 0 Å². The highest BCUT2D eigenvalue weighted by Crippen LogP contribution is 2.44. The van der Waals surface area contributed by atoms with E-state index in [1.807, 2.05) is 0 Å². The van der Waals surface area contributed by atoms with Crippen molar-refractivity contribution in [3.63, 3.8) is 0 Å². The van der Waals surface area contributed by atoms with Crippen LogP contribution in [0, 0.1) is 0 Å². The fourth-order valence-corrected chi connectivity index (χ4v) is 3.51. The first-order chi connectivity index (χ1) is 12.5. The third-order valence-corrected chi connectivity index (χ3v) is 4.86. The van der Waals surface area contributed by atoms with Gasteiger partial charge in [0.25, 0.3) is 0 Å². The van der Waals surface area contributed by atoms with Crippen LogP contribution in [0.1, 0.15) is 34.6 Å². The largest absolute Gasteiger partial charge is 0.507 e. The number of benzene rings is 1. The average molecular weight is 378 g/mol. The van der Waals surface area contributed by atoms with Crippen LogP contribution in [0.3, 0.4) is 0 Å². The molecule has 27 heavy (non-hydrogen) atoms. The molecule has 0 bridgehead atoms. The molecule has 0 fully saturated rings. The van der Waals surface area contributed by atoms with Gasteiger partial charge in [-0.25, -0.2) is 0 Å². The van der Waals surface area contributed by atoms with E-state index >= 15 is 0 Å². The molecule has 0 unspecified atom stereocenters. The summed E-state index contributed by atoms with van der Waals surface area (Å²) in [4.78, 5) is 37.2. The minimum atomic E-state index is -2.24. The Labute approximate surface area is 153 Å². The van der Waals surface area contributed by atoms with Crippen LogP contribution in [0.5, 0.6) is 11.5 Å². The van der Waals surface area contributed by atoms with Crippen molar-refractivity contribution >= 4 is 17.5 Å². The van der Waals surface area contributed by atoms with Gasteiger partial charge in [0, 0.05) is 29.7 Å². The highest BCUT2D eigenvalue weighted by Gasteiger charge is 2.57. The first-order valence-electron chi connectivity index (χ1n) is 8.02. The van der Waals surface area contributed by atoms with Crippen LogP contribution in [-0.2, 0) is 9.53 Å². The van der Waals surface area contributed by atoms with E-state index in [-0.39, 0.29) is 16.9 Å². The molecule has 3 rings (SSSR count). The number of esters is 1. The Morgan fingerprint density at radius 1 is 1.15 bits per heavy atom. The van der Waals surface area contributed by atoms with Crippen molar-refractivity contribution in [1.29, 1.82) is 0 Å². The first-order valence-corrected chi connectivity index (χ1v) is 8.02. The van der Waals surface area contributed by atoms with Gasteiger partial charge in [0.1, 0.15) is 29.3 Å². The first kappa shape index (κ1) is 19.0. The Morgan fingerprint density at radius 2 is 1.78 bits per heavy atom. The van der Waals surface area contributed by atoms with E-state index in [2.05, 4.69) is 0 Å². The maximum atomic E-state index is 12.9. The number of hydrogen-bond acceptors (Lipinski definition) is 9. The molecular formula is C18H18O9. The van der Waals surface area contributed by atoms with Crippen molar-refractivity contribution in [1.82, 2.24) is 0 Å². The molecule has 144 valence electrons. The van der Waals surface area contributed by atoms with E-state index < -0.39 is 58.3 Å². The molecule has 0 aromatic heterocycles. The standard InChI is InChI=1S/C18H18O9/c1-6(19)27-17-15(23)11-12(16(24)18(17,2)25)13(21)8-4-7(26-3)5-9(20)10(8)14(11)22/h4-5,15-17,20,23-25H,1-3H3/t15-,16-,17+,18-/m0/s1. The van der Waals surface area contributed by atoms with Crippen molar-refractivity contribution in [2.75, 3.05) is 7.11 Å². The summed E-state index contributed by atoms with van der Waals surface area (Å²) in [6, 6.07) is 2.34. The molecule has 4 atom stereocenters. The maximum absolute atomic E-state index is 12.9. The summed E-state index contributed by atoms with van der Waals surface area (Å²) in [6.45, 7) is 2.11. The van der Waals surface area contributed by atoms with E-state index in [1.54, 1.807) is 0 Å². The van der Waals surface area contributed by atoms with Crippen LogP contribution in [-0.4, -0.2) is 69.0 Å². The predicted octanol–water partition coefficient (Wildman–Crippen LogP) is -0.505. The third-order valence-electron chi connectivity index (χ3n) is 4.86. The summed E-state index contributed by atoms with van der Waals surface area (Å²) in [7, 11) is 1.30. The van der Waals surface area contributed by atoms with Gasteiger partial charge in [-0.3, -0.25) is 14.4 Å². The predicted molar refractivity (Wildman–Crippen MR) is 88.5 cm³/mol. The summed E-state index contributed by atoms with van der Waals surface area (Å²) in [5, 5.41) is 41.9. The average Bonchev–Trinajstić information content (AvgIpc) is 2.59. The van der Waals surface area contributed by atoms with Crippen molar-refractivity contribution < 1.29 is 44.3 Å². The SMILES string of the molecule is COc1cc(O)c2c(c1)C(=O)C1=C(C2=O)[C@H](O)[C@@H](OC(C)=O)[C@@](C)(O)[C@H]1O. The number of ketones is 2. The minimum absolute atomic E-state index is 0.104. The maximum Gasteiger partial charge on any atom is 0.303 e. The Bertz CT molecular complexity index is 896. The van der Waals surface area contributed by atoms with Gasteiger partial charge in [-0.1, -0.05) is 0 Å². The van der Waals surface area contributed by atoms with Gasteiger partial charge in [-0.15, -0.1) is 0 Å². The zero-order valence-electron chi connectivity index (χ0n) is 14.7. The number of rotatable bonds is 2. The lowest BCUT2D eigenvalue weighted by atomic mass is 9.68. The van der Waals surface area contributed by atoms with Gasteiger partial charge in [-0.05, 0) is 13.0 Å². The van der Waals surface area contributed by atoms with E-state index in [0.29, 0.717) is 0 Å².